The summed E-state index contributed by atoms with van der Waals surface area (Å²) in [5, 5.41) is 13.0. The Bertz CT molecular complexity index is 483. The number of anilines is 1. The molecule has 5 heteroatoms. The van der Waals surface area contributed by atoms with E-state index >= 15 is 0 Å². The lowest BCUT2D eigenvalue weighted by Crippen LogP contribution is -2.61. The van der Waals surface area contributed by atoms with Crippen molar-refractivity contribution in [3.63, 3.8) is 0 Å². The van der Waals surface area contributed by atoms with Gasteiger partial charge in [0, 0.05) is 13.1 Å². The Hall–Kier alpha value is -1.10. The lowest BCUT2D eigenvalue weighted by atomic mass is 9.97. The summed E-state index contributed by atoms with van der Waals surface area (Å²) >= 11 is 6.14. The molecular weight excluding hydrogens is 264 g/mol. The van der Waals surface area contributed by atoms with E-state index < -0.39 is 5.60 Å². The molecule has 0 spiro atoms. The monoisotopic (exact) mass is 282 g/mol. The number of nitrogens with zero attached hydrogens (tertiary/aromatic N) is 1. The largest absolute Gasteiger partial charge is 0.388 e. The number of aryl methyl sites for hydroxylation is 2. The molecule has 0 radical (unpaired) electrons. The second kappa shape index (κ2) is 5.12. The van der Waals surface area contributed by atoms with Crippen molar-refractivity contribution in [2.45, 2.75) is 26.4 Å². The average molecular weight is 283 g/mol. The minimum atomic E-state index is -0.655. The second-order valence-corrected chi connectivity index (χ2v) is 6.04. The highest BCUT2D eigenvalue weighted by molar-refractivity contribution is 6.34. The van der Waals surface area contributed by atoms with Crippen LogP contribution >= 0.6 is 11.6 Å². The zero-order valence-corrected chi connectivity index (χ0v) is 12.2. The van der Waals surface area contributed by atoms with Gasteiger partial charge in [0.25, 0.3) is 0 Å². The van der Waals surface area contributed by atoms with E-state index in [2.05, 4.69) is 5.32 Å². The molecule has 1 aromatic carbocycles. The quantitative estimate of drug-likeness (QED) is 0.891. The normalized spacial score (nSPS) is 17.9. The number of likely N-dealkylation sites (tertiary alicyclic amines) is 1. The Labute approximate surface area is 118 Å². The molecule has 0 atom stereocenters. The van der Waals surface area contributed by atoms with Gasteiger partial charge < -0.3 is 10.4 Å². The molecule has 1 aliphatic rings. The van der Waals surface area contributed by atoms with Gasteiger partial charge in [0.1, 0.15) is 0 Å². The summed E-state index contributed by atoms with van der Waals surface area (Å²) < 4.78 is 0. The van der Waals surface area contributed by atoms with Crippen LogP contribution in [0.1, 0.15) is 18.1 Å². The van der Waals surface area contributed by atoms with Crippen LogP contribution in [-0.2, 0) is 4.79 Å². The second-order valence-electron chi connectivity index (χ2n) is 5.63. The molecule has 104 valence electrons. The van der Waals surface area contributed by atoms with Crippen LogP contribution in [-0.4, -0.2) is 41.1 Å². The number of amides is 1. The van der Waals surface area contributed by atoms with Gasteiger partial charge in [-0.05, 0) is 38.0 Å². The number of benzene rings is 1. The van der Waals surface area contributed by atoms with Gasteiger partial charge in [0.15, 0.2) is 0 Å². The van der Waals surface area contributed by atoms with E-state index in [1.165, 1.54) is 0 Å². The Morgan fingerprint density at radius 3 is 2.63 bits per heavy atom. The number of β-amino-alcohol motifs (C(OH)–C–C–N with tert-alkyl or cyclic N) is 1. The fourth-order valence-electron chi connectivity index (χ4n) is 2.49. The van der Waals surface area contributed by atoms with Gasteiger partial charge in [0.05, 0.1) is 22.9 Å². The zero-order chi connectivity index (χ0) is 14.2. The first-order valence-corrected chi connectivity index (χ1v) is 6.66. The molecule has 1 aromatic rings. The minimum absolute atomic E-state index is 0.107. The fraction of sp³-hybridized carbons (Fsp3) is 0.500. The highest BCUT2D eigenvalue weighted by Gasteiger charge is 2.37. The van der Waals surface area contributed by atoms with Crippen LogP contribution in [0, 0.1) is 13.8 Å². The summed E-state index contributed by atoms with van der Waals surface area (Å²) in [7, 11) is 0. The maximum Gasteiger partial charge on any atom is 0.238 e. The van der Waals surface area contributed by atoms with Crippen LogP contribution in [0.15, 0.2) is 12.1 Å². The number of rotatable bonds is 3. The van der Waals surface area contributed by atoms with E-state index in [0.29, 0.717) is 23.8 Å². The van der Waals surface area contributed by atoms with Crippen molar-refractivity contribution < 1.29 is 9.90 Å². The van der Waals surface area contributed by atoms with Crippen LogP contribution in [0.2, 0.25) is 5.02 Å². The number of hydrogen-bond donors (Lipinski definition) is 2. The molecule has 1 fully saturated rings. The molecule has 0 aromatic heterocycles. The molecule has 0 bridgehead atoms. The molecule has 4 nitrogen and oxygen atoms in total. The van der Waals surface area contributed by atoms with Gasteiger partial charge in [-0.25, -0.2) is 0 Å². The molecule has 1 amide bonds. The van der Waals surface area contributed by atoms with Crippen molar-refractivity contribution in [1.29, 1.82) is 0 Å². The van der Waals surface area contributed by atoms with Crippen molar-refractivity contribution in [3.05, 3.63) is 28.3 Å². The molecule has 1 aliphatic heterocycles. The Balaban J connectivity index is 1.96. The van der Waals surface area contributed by atoms with Gasteiger partial charge >= 0.3 is 0 Å². The topological polar surface area (TPSA) is 52.6 Å². The van der Waals surface area contributed by atoms with Gasteiger partial charge in [-0.1, -0.05) is 17.7 Å². The van der Waals surface area contributed by atoms with Gasteiger partial charge in [-0.2, -0.15) is 0 Å². The lowest BCUT2D eigenvalue weighted by molar-refractivity contribution is -0.125. The number of hydrogen-bond acceptors (Lipinski definition) is 3. The number of halogens is 1. The minimum Gasteiger partial charge on any atom is -0.388 e. The summed E-state index contributed by atoms with van der Waals surface area (Å²) in [5.74, 6) is -0.107. The molecule has 1 heterocycles. The smallest absolute Gasteiger partial charge is 0.238 e. The first kappa shape index (κ1) is 14.3. The standard InChI is InChI=1S/C14H19ClN2O2/c1-9-4-10(2)13(11(15)5-9)16-12(18)6-17-7-14(3,19)8-17/h4-5,19H,6-8H2,1-3H3,(H,16,18). The van der Waals surface area contributed by atoms with Crippen LogP contribution in [0.3, 0.4) is 0 Å². The SMILES string of the molecule is Cc1cc(C)c(NC(=O)CN2CC(C)(O)C2)c(Cl)c1. The summed E-state index contributed by atoms with van der Waals surface area (Å²) in [6, 6.07) is 3.81. The molecule has 2 rings (SSSR count). The van der Waals surface area contributed by atoms with Crippen molar-refractivity contribution in [1.82, 2.24) is 4.90 Å². The molecule has 0 saturated carbocycles. The summed E-state index contributed by atoms with van der Waals surface area (Å²) in [6.45, 7) is 6.99. The lowest BCUT2D eigenvalue weighted by Gasteiger charge is -2.43. The molecule has 0 aliphatic carbocycles. The molecular formula is C14H19ClN2O2. The van der Waals surface area contributed by atoms with E-state index in [1.807, 2.05) is 30.9 Å². The highest BCUT2D eigenvalue weighted by Crippen LogP contribution is 2.27. The van der Waals surface area contributed by atoms with E-state index in [4.69, 9.17) is 11.6 Å². The third-order valence-electron chi connectivity index (χ3n) is 3.19. The number of carbonyl (C=O) groups excluding carboxylic acids is 1. The zero-order valence-electron chi connectivity index (χ0n) is 11.5. The number of aliphatic hydroxyl groups is 1. The molecule has 19 heavy (non-hydrogen) atoms. The average Bonchev–Trinajstić information content (AvgIpc) is 2.20. The van der Waals surface area contributed by atoms with Gasteiger partial charge in [-0.3, -0.25) is 9.69 Å². The number of carbonyl (C=O) groups is 1. The van der Waals surface area contributed by atoms with Crippen LogP contribution in [0.4, 0.5) is 5.69 Å². The summed E-state index contributed by atoms with van der Waals surface area (Å²) in [5.41, 5.74) is 2.04. The van der Waals surface area contributed by atoms with E-state index in [1.54, 1.807) is 6.92 Å². The van der Waals surface area contributed by atoms with Gasteiger partial charge in [-0.15, -0.1) is 0 Å². The first-order valence-electron chi connectivity index (χ1n) is 6.28. The van der Waals surface area contributed by atoms with Crippen molar-refractivity contribution in [2.24, 2.45) is 0 Å². The van der Waals surface area contributed by atoms with Crippen molar-refractivity contribution >= 4 is 23.2 Å². The van der Waals surface area contributed by atoms with Crippen LogP contribution in [0.25, 0.3) is 0 Å². The molecule has 2 N–H and O–H groups in total. The van der Waals surface area contributed by atoms with Crippen molar-refractivity contribution in [3.8, 4) is 0 Å². The Kier molecular flexibility index (Phi) is 3.85. The maximum atomic E-state index is 11.9. The third kappa shape index (κ3) is 3.47. The van der Waals surface area contributed by atoms with E-state index in [0.717, 1.165) is 11.1 Å². The van der Waals surface area contributed by atoms with E-state index in [-0.39, 0.29) is 12.5 Å². The van der Waals surface area contributed by atoms with E-state index in [9.17, 15) is 9.90 Å². The summed E-state index contributed by atoms with van der Waals surface area (Å²) in [6.07, 6.45) is 0. The maximum absolute atomic E-state index is 11.9. The fourth-order valence-corrected chi connectivity index (χ4v) is 2.85. The van der Waals surface area contributed by atoms with Crippen molar-refractivity contribution in [2.75, 3.05) is 25.0 Å². The Morgan fingerprint density at radius 2 is 2.11 bits per heavy atom. The van der Waals surface area contributed by atoms with Crippen LogP contribution < -0.4 is 5.32 Å². The highest BCUT2D eigenvalue weighted by atomic mass is 35.5. The summed E-state index contributed by atoms with van der Waals surface area (Å²) in [4.78, 5) is 13.8. The third-order valence-corrected chi connectivity index (χ3v) is 3.49. The predicted molar refractivity (Wildman–Crippen MR) is 76.6 cm³/mol. The first-order chi connectivity index (χ1) is 8.77. The van der Waals surface area contributed by atoms with Gasteiger partial charge in [0.2, 0.25) is 5.91 Å². The predicted octanol–water partition coefficient (Wildman–Crippen LogP) is 1.96. The Morgan fingerprint density at radius 1 is 1.47 bits per heavy atom. The molecule has 1 saturated heterocycles. The molecule has 0 unspecified atom stereocenters. The van der Waals surface area contributed by atoms with Crippen LogP contribution in [0.5, 0.6) is 0 Å². The number of nitrogens with one attached hydrogen (secondary N) is 1.